The average Bonchev–Trinajstić information content (AvgIpc) is 1.79. The van der Waals surface area contributed by atoms with Crippen molar-refractivity contribution in [2.45, 2.75) is 280 Å². The number of amides is 12. The van der Waals surface area contributed by atoms with Crippen LogP contribution in [-0.2, 0) is 78.3 Å². The van der Waals surface area contributed by atoms with Gasteiger partial charge in [-0.2, -0.15) is 0 Å². The number of aliphatic hydroxyl groups excluding tert-OH is 1. The Bertz CT molecular complexity index is 3090. The Hall–Kier alpha value is -8.38. The highest BCUT2D eigenvalue weighted by Gasteiger charge is 2.44. The Labute approximate surface area is 621 Å². The highest BCUT2D eigenvalue weighted by Crippen LogP contribution is 2.23. The molecule has 0 bridgehead atoms. The van der Waals surface area contributed by atoms with Crippen LogP contribution in [0.4, 0.5) is 0 Å². The zero-order valence-electron chi connectivity index (χ0n) is 65.4. The van der Waals surface area contributed by atoms with E-state index in [1.807, 2.05) is 13.8 Å². The van der Waals surface area contributed by atoms with Crippen LogP contribution in [0.25, 0.3) is 0 Å². The number of aldehydes is 1. The number of aliphatic hydroxyl groups is 1. The molecular formula is C75H126N14O16. The Kier molecular flexibility index (Phi) is 40.5. The van der Waals surface area contributed by atoms with E-state index < -0.39 is 197 Å². The highest BCUT2D eigenvalue weighted by atomic mass is 16.5. The standard InChI is InChI=1S/C75H126N14O16/c1-20-45(16)60(71(100)88-63(48(19)105-75(104)55(77)40(6)7)73(102)86-61(46(17)21-2)70(99)82-57(42(10)11)67(96)80-52(37-49-30-24-23-25-31-49)65(94)78-50(22-3)38-90)85-64(93)51(32-27-35-76)79-66(95)53-33-28-36-89(53)74(103)59(44(14)15)84-69(98)58(43(12)13)83-72(101)62(47(18)91)87-68(97)56(41(8)9)81-54(92)34-26-29-39(4)5/h22-25,30-31,38-48,51-53,55-63,91H,20-21,26-29,32-37,76-77H2,1-19H3,(H,78,94)(H,79,95)(H,80,96)(H,81,92)(H,82,99)(H,83,101)(H,84,98)(H,85,93)(H,86,102)(H,87,97)(H,88,100)/b50-22-/t45-,46-,47?,48?,51?,52-,53+,55-,56+,57?,58?,59?,60?,61?,62+,63+/m0/s1. The van der Waals surface area contributed by atoms with Gasteiger partial charge in [-0.15, -0.1) is 0 Å². The number of nitrogens with zero attached hydrogens (tertiary/aromatic N) is 1. The molecule has 1 heterocycles. The predicted molar refractivity (Wildman–Crippen MR) is 397 cm³/mol. The minimum Gasteiger partial charge on any atom is -0.459 e. The molecule has 0 spiro atoms. The first-order valence-electron chi connectivity index (χ1n) is 37.4. The first kappa shape index (κ1) is 92.7. The van der Waals surface area contributed by atoms with E-state index in [0.717, 1.165) is 6.42 Å². The number of nitrogens with two attached hydrogens (primary N) is 2. The van der Waals surface area contributed by atoms with E-state index in [-0.39, 0.29) is 63.2 Å². The lowest BCUT2D eigenvalue weighted by Crippen LogP contribution is -2.64. The second-order valence-electron chi connectivity index (χ2n) is 29.9. The number of nitrogens with one attached hydrogen (secondary N) is 11. The molecule has 8 unspecified atom stereocenters. The van der Waals surface area contributed by atoms with E-state index in [0.29, 0.717) is 37.0 Å². The molecule has 30 heteroatoms. The molecule has 1 saturated heterocycles. The van der Waals surface area contributed by atoms with Gasteiger partial charge in [0.15, 0.2) is 6.29 Å². The average molecular weight is 1480 g/mol. The first-order chi connectivity index (χ1) is 49.2. The number of rotatable bonds is 45. The topological polar surface area (TPSA) is 456 Å². The van der Waals surface area contributed by atoms with Gasteiger partial charge in [-0.3, -0.25) is 67.1 Å². The predicted octanol–water partition coefficient (Wildman–Crippen LogP) is 1.86. The third kappa shape index (κ3) is 29.8. The lowest BCUT2D eigenvalue weighted by molar-refractivity contribution is -0.155. The van der Waals surface area contributed by atoms with Crippen LogP contribution in [0.2, 0.25) is 0 Å². The Balaban J connectivity index is 2.52. The lowest BCUT2D eigenvalue weighted by Gasteiger charge is -2.33. The van der Waals surface area contributed by atoms with Gasteiger partial charge < -0.3 is 84.7 Å². The van der Waals surface area contributed by atoms with Gasteiger partial charge in [0.25, 0.3) is 0 Å². The normalized spacial score (nSPS) is 17.5. The van der Waals surface area contributed by atoms with Gasteiger partial charge in [-0.1, -0.05) is 166 Å². The number of benzene rings is 1. The largest absolute Gasteiger partial charge is 0.459 e. The SMILES string of the molecule is C/C=C(/C=O)NC(=O)[C@H](Cc1ccccc1)NC(=O)C(NC(=O)C(NC(=O)[C@H](NC(=O)C(NC(=O)C(CCCN)NC(=O)[C@H]1CCCN1C(=O)C(NC(=O)C(NC(=O)[C@H](NC(=O)[C@H](NC(=O)CCCC(C)C)C(C)C)C(C)O)C(C)C)C(C)C)[C@@H](C)CC)C(C)OC(=O)[C@@H](N)C(C)C)[C@@H](C)CC)C(C)C. The number of hydrogen-bond donors (Lipinski definition) is 14. The fourth-order valence-electron chi connectivity index (χ4n) is 11.6. The van der Waals surface area contributed by atoms with Crippen molar-refractivity contribution in [2.75, 3.05) is 13.1 Å². The quantitative estimate of drug-likeness (QED) is 0.0252. The summed E-state index contributed by atoms with van der Waals surface area (Å²) < 4.78 is 5.75. The Morgan fingerprint density at radius 1 is 0.533 bits per heavy atom. The van der Waals surface area contributed by atoms with E-state index in [1.165, 1.54) is 24.8 Å². The maximum absolute atomic E-state index is 14.9. The minimum atomic E-state index is -1.78. The van der Waals surface area contributed by atoms with Crippen LogP contribution in [0.5, 0.6) is 0 Å². The zero-order chi connectivity index (χ0) is 79.9. The molecule has 1 aromatic carbocycles. The monoisotopic (exact) mass is 1480 g/mol. The van der Waals surface area contributed by atoms with Gasteiger partial charge in [0.1, 0.15) is 78.6 Å². The van der Waals surface area contributed by atoms with Crippen molar-refractivity contribution in [1.82, 2.24) is 63.4 Å². The summed E-state index contributed by atoms with van der Waals surface area (Å²) in [6.45, 7) is 32.0. The number of carbonyl (C=O) groups excluding carboxylic acids is 14. The van der Waals surface area contributed by atoms with E-state index in [9.17, 15) is 72.2 Å². The van der Waals surface area contributed by atoms with Gasteiger partial charge in [-0.25, -0.2) is 0 Å². The molecule has 2 rings (SSSR count). The summed E-state index contributed by atoms with van der Waals surface area (Å²) in [6.07, 6.45) is 1.74. The van der Waals surface area contributed by atoms with Gasteiger partial charge >= 0.3 is 5.97 Å². The fraction of sp³-hybridized carbons (Fsp3) is 0.707. The van der Waals surface area contributed by atoms with Gasteiger partial charge in [-0.05, 0) is 112 Å². The highest BCUT2D eigenvalue weighted by molar-refractivity contribution is 6.00. The van der Waals surface area contributed by atoms with Crippen LogP contribution in [0.15, 0.2) is 42.1 Å². The van der Waals surface area contributed by atoms with Crippen molar-refractivity contribution in [3.8, 4) is 0 Å². The number of carbonyl (C=O) groups is 14. The summed E-state index contributed by atoms with van der Waals surface area (Å²) in [5.74, 6) is -13.7. The molecule has 16 N–H and O–H groups in total. The van der Waals surface area contributed by atoms with Crippen LogP contribution in [0.1, 0.15) is 195 Å². The van der Waals surface area contributed by atoms with E-state index >= 15 is 0 Å². The van der Waals surface area contributed by atoms with E-state index in [1.54, 1.807) is 134 Å². The van der Waals surface area contributed by atoms with Crippen LogP contribution in [-0.4, -0.2) is 191 Å². The minimum absolute atomic E-state index is 0.00941. The summed E-state index contributed by atoms with van der Waals surface area (Å²) in [7, 11) is 0. The maximum Gasteiger partial charge on any atom is 0.323 e. The first-order valence-corrected chi connectivity index (χ1v) is 37.4. The molecule has 12 amide bonds. The molecule has 0 saturated carbocycles. The number of hydrogen-bond acceptors (Lipinski definition) is 18. The fourth-order valence-corrected chi connectivity index (χ4v) is 11.6. The Morgan fingerprint density at radius 2 is 0.981 bits per heavy atom. The smallest absolute Gasteiger partial charge is 0.323 e. The second kappa shape index (κ2) is 45.9. The number of likely N-dealkylation sites (tertiary alicyclic amines) is 1. The molecule has 0 aliphatic carbocycles. The summed E-state index contributed by atoms with van der Waals surface area (Å²) in [6, 6.07) is -7.22. The molecule has 0 radical (unpaired) electrons. The van der Waals surface area contributed by atoms with Crippen LogP contribution in [0.3, 0.4) is 0 Å². The lowest BCUT2D eigenvalue weighted by atomic mass is 9.95. The number of ether oxygens (including phenoxy) is 1. The second-order valence-corrected chi connectivity index (χ2v) is 29.9. The van der Waals surface area contributed by atoms with Crippen molar-refractivity contribution in [1.29, 1.82) is 0 Å². The molecule has 592 valence electrons. The molecule has 16 atom stereocenters. The Morgan fingerprint density at radius 3 is 1.45 bits per heavy atom. The molecule has 0 aromatic heterocycles. The van der Waals surface area contributed by atoms with Crippen molar-refractivity contribution >= 4 is 83.1 Å². The third-order valence-corrected chi connectivity index (χ3v) is 19.0. The van der Waals surface area contributed by atoms with Crippen LogP contribution >= 0.6 is 0 Å². The summed E-state index contributed by atoms with van der Waals surface area (Å²) >= 11 is 0. The van der Waals surface area contributed by atoms with Crippen LogP contribution < -0.4 is 70.0 Å². The van der Waals surface area contributed by atoms with Gasteiger partial charge in [0.05, 0.1) is 11.8 Å². The van der Waals surface area contributed by atoms with Gasteiger partial charge in [0.2, 0.25) is 70.9 Å². The summed E-state index contributed by atoms with van der Waals surface area (Å²) in [5, 5.41) is 40.4. The molecule has 105 heavy (non-hydrogen) atoms. The van der Waals surface area contributed by atoms with Gasteiger partial charge in [0, 0.05) is 19.4 Å². The van der Waals surface area contributed by atoms with E-state index in [4.69, 9.17) is 16.2 Å². The van der Waals surface area contributed by atoms with Crippen molar-refractivity contribution in [3.05, 3.63) is 47.7 Å². The summed E-state index contributed by atoms with van der Waals surface area (Å²) in [4.78, 5) is 198. The van der Waals surface area contributed by atoms with Crippen molar-refractivity contribution in [2.24, 2.45) is 58.8 Å². The van der Waals surface area contributed by atoms with Crippen molar-refractivity contribution < 1.29 is 77.0 Å². The third-order valence-electron chi connectivity index (χ3n) is 19.0. The molecule has 1 aliphatic rings. The molecule has 1 aromatic rings. The van der Waals surface area contributed by atoms with Crippen molar-refractivity contribution in [3.63, 3.8) is 0 Å². The number of esters is 1. The molecule has 30 nitrogen and oxygen atoms in total. The molecule has 1 fully saturated rings. The number of allylic oxidation sites excluding steroid dienone is 2. The van der Waals surface area contributed by atoms with Crippen LogP contribution in [0, 0.1) is 47.3 Å². The maximum atomic E-state index is 14.9. The molecule has 1 aliphatic heterocycles. The summed E-state index contributed by atoms with van der Waals surface area (Å²) in [5.41, 5.74) is 12.8. The zero-order valence-corrected chi connectivity index (χ0v) is 65.4. The van der Waals surface area contributed by atoms with E-state index in [2.05, 4.69) is 58.5 Å². The molecular weight excluding hydrogens is 1350 g/mol.